The first-order chi connectivity index (χ1) is 15.3. The van der Waals surface area contributed by atoms with Crippen LogP contribution in [-0.4, -0.2) is 19.9 Å². The Kier molecular flexibility index (Phi) is 8.50. The van der Waals surface area contributed by atoms with Crippen molar-refractivity contribution >= 4 is 0 Å². The van der Waals surface area contributed by atoms with Crippen molar-refractivity contribution in [3.63, 3.8) is 0 Å². The standard InChI is InChI=1S/C15H10N3.C12H10N.Ir/c1-2-4-12(5-3-1)14-10-13(6-7-17-14)15-11-16-8-9-18-15;1-10-6-5-9-12(13-10)11-7-3-2-4-8-11;/h1-4,6-11H;2-7,9H,1H3;/q2*-1;. The van der Waals surface area contributed by atoms with Crippen LogP contribution in [0.5, 0.6) is 0 Å². The fraction of sp³-hybridized carbons (Fsp3) is 0.0370. The van der Waals surface area contributed by atoms with Gasteiger partial charge in [-0.25, -0.2) is 0 Å². The SMILES string of the molecule is Cc1cccc(-c2[c-]cccc2)n1.[Ir].[c-]1ccccc1-c1cc(-c2cnccn2)ccn1. The molecule has 5 rings (SSSR count). The van der Waals surface area contributed by atoms with Crippen LogP contribution in [0, 0.1) is 19.1 Å². The van der Waals surface area contributed by atoms with E-state index in [1.54, 1.807) is 24.8 Å². The molecule has 0 saturated heterocycles. The van der Waals surface area contributed by atoms with Crippen LogP contribution in [0.1, 0.15) is 5.69 Å². The van der Waals surface area contributed by atoms with Crippen molar-refractivity contribution in [1.29, 1.82) is 0 Å². The summed E-state index contributed by atoms with van der Waals surface area (Å²) in [5, 5.41) is 0. The van der Waals surface area contributed by atoms with Gasteiger partial charge >= 0.3 is 0 Å². The molecule has 3 heterocycles. The van der Waals surface area contributed by atoms with E-state index in [0.717, 1.165) is 39.5 Å². The number of hydrogen-bond donors (Lipinski definition) is 0. The van der Waals surface area contributed by atoms with E-state index in [4.69, 9.17) is 0 Å². The van der Waals surface area contributed by atoms with E-state index in [9.17, 15) is 0 Å². The van der Waals surface area contributed by atoms with E-state index in [-0.39, 0.29) is 20.1 Å². The summed E-state index contributed by atoms with van der Waals surface area (Å²) >= 11 is 0. The molecule has 0 bridgehead atoms. The minimum absolute atomic E-state index is 0. The van der Waals surface area contributed by atoms with Gasteiger partial charge in [-0.05, 0) is 36.0 Å². The third kappa shape index (κ3) is 6.24. The second-order valence-electron chi connectivity index (χ2n) is 6.74. The summed E-state index contributed by atoms with van der Waals surface area (Å²) in [7, 11) is 0. The van der Waals surface area contributed by atoms with Gasteiger partial charge in [-0.1, -0.05) is 18.2 Å². The number of benzene rings is 2. The smallest absolute Gasteiger partial charge is 0.0878 e. The Morgan fingerprint density at radius 1 is 0.656 bits per heavy atom. The van der Waals surface area contributed by atoms with Crippen molar-refractivity contribution in [3.05, 3.63) is 121 Å². The average molecular weight is 593 g/mol. The molecule has 32 heavy (non-hydrogen) atoms. The van der Waals surface area contributed by atoms with E-state index in [1.165, 1.54) is 0 Å². The molecule has 3 aromatic heterocycles. The zero-order valence-electron chi connectivity index (χ0n) is 17.4. The fourth-order valence-corrected chi connectivity index (χ4v) is 2.98. The van der Waals surface area contributed by atoms with Crippen LogP contribution >= 0.6 is 0 Å². The molecule has 1 radical (unpaired) electrons. The molecule has 0 aliphatic carbocycles. The van der Waals surface area contributed by atoms with Gasteiger partial charge in [0.15, 0.2) is 0 Å². The Morgan fingerprint density at radius 2 is 1.38 bits per heavy atom. The van der Waals surface area contributed by atoms with Crippen LogP contribution in [0.15, 0.2) is 104 Å². The molecule has 4 nitrogen and oxygen atoms in total. The Hall–Kier alpha value is -3.53. The molecule has 159 valence electrons. The maximum absolute atomic E-state index is 4.41. The van der Waals surface area contributed by atoms with Crippen molar-refractivity contribution in [2.24, 2.45) is 0 Å². The molecular weight excluding hydrogens is 573 g/mol. The minimum atomic E-state index is 0. The molecular formula is C27H20IrN4-2. The van der Waals surface area contributed by atoms with Crippen molar-refractivity contribution in [3.8, 4) is 33.8 Å². The van der Waals surface area contributed by atoms with Crippen LogP contribution in [0.25, 0.3) is 33.8 Å². The largest absolute Gasteiger partial charge is 0.305 e. The van der Waals surface area contributed by atoms with Gasteiger partial charge in [-0.3, -0.25) is 9.97 Å². The third-order valence-corrected chi connectivity index (χ3v) is 4.48. The third-order valence-electron chi connectivity index (χ3n) is 4.48. The van der Waals surface area contributed by atoms with E-state index in [2.05, 4.69) is 32.1 Å². The zero-order valence-corrected chi connectivity index (χ0v) is 19.8. The second-order valence-corrected chi connectivity index (χ2v) is 6.74. The predicted octanol–water partition coefficient (Wildman–Crippen LogP) is 5.86. The van der Waals surface area contributed by atoms with Gasteiger partial charge in [0.25, 0.3) is 0 Å². The molecule has 0 saturated carbocycles. The minimum Gasteiger partial charge on any atom is -0.305 e. The summed E-state index contributed by atoms with van der Waals surface area (Å²) < 4.78 is 0. The molecule has 0 spiro atoms. The summed E-state index contributed by atoms with van der Waals surface area (Å²) in [4.78, 5) is 17.1. The van der Waals surface area contributed by atoms with E-state index >= 15 is 0 Å². The number of aryl methyl sites for hydroxylation is 1. The molecule has 0 aliphatic rings. The van der Waals surface area contributed by atoms with Gasteiger partial charge in [0.05, 0.1) is 11.9 Å². The number of pyridine rings is 2. The van der Waals surface area contributed by atoms with Crippen molar-refractivity contribution in [1.82, 2.24) is 19.9 Å². The van der Waals surface area contributed by atoms with E-state index < -0.39 is 0 Å². The summed E-state index contributed by atoms with van der Waals surface area (Å²) in [5.74, 6) is 0. The van der Waals surface area contributed by atoms with Gasteiger partial charge in [-0.2, -0.15) is 0 Å². The van der Waals surface area contributed by atoms with E-state index in [0.29, 0.717) is 0 Å². The summed E-state index contributed by atoms with van der Waals surface area (Å²) in [6, 6.07) is 31.9. The van der Waals surface area contributed by atoms with Crippen molar-refractivity contribution in [2.75, 3.05) is 0 Å². The Labute approximate surface area is 201 Å². The first-order valence-corrected chi connectivity index (χ1v) is 9.90. The molecule has 0 atom stereocenters. The van der Waals surface area contributed by atoms with Crippen molar-refractivity contribution in [2.45, 2.75) is 6.92 Å². The zero-order chi connectivity index (χ0) is 21.3. The summed E-state index contributed by atoms with van der Waals surface area (Å²) in [5.41, 5.74) is 6.78. The van der Waals surface area contributed by atoms with Crippen LogP contribution in [0.2, 0.25) is 0 Å². The first kappa shape index (κ1) is 23.1. The first-order valence-electron chi connectivity index (χ1n) is 9.90. The summed E-state index contributed by atoms with van der Waals surface area (Å²) in [6.45, 7) is 1.99. The molecule has 5 heteroatoms. The number of rotatable bonds is 3. The monoisotopic (exact) mass is 593 g/mol. The summed E-state index contributed by atoms with van der Waals surface area (Å²) in [6.07, 6.45) is 6.87. The number of nitrogens with zero attached hydrogens (tertiary/aromatic N) is 4. The molecule has 0 unspecified atom stereocenters. The quantitative estimate of drug-likeness (QED) is 0.246. The Bertz CT molecular complexity index is 1180. The molecule has 0 fully saturated rings. The average Bonchev–Trinajstić information content (AvgIpc) is 2.86. The maximum atomic E-state index is 4.41. The number of aromatic nitrogens is 4. The molecule has 0 amide bonds. The normalized spacial score (nSPS) is 9.78. The van der Waals surface area contributed by atoms with Gasteiger partial charge in [0.1, 0.15) is 0 Å². The molecule has 5 aromatic rings. The predicted molar refractivity (Wildman–Crippen MR) is 123 cm³/mol. The fourth-order valence-electron chi connectivity index (χ4n) is 2.98. The van der Waals surface area contributed by atoms with Gasteiger partial charge < -0.3 is 9.97 Å². The van der Waals surface area contributed by atoms with E-state index in [1.807, 2.05) is 85.8 Å². The second kappa shape index (κ2) is 11.8. The van der Waals surface area contributed by atoms with Crippen molar-refractivity contribution < 1.29 is 20.1 Å². The van der Waals surface area contributed by atoms with Crippen LogP contribution in [0.3, 0.4) is 0 Å². The van der Waals surface area contributed by atoms with Gasteiger partial charge in [-0.15, -0.1) is 71.8 Å². The van der Waals surface area contributed by atoms with Crippen LogP contribution in [-0.2, 0) is 20.1 Å². The molecule has 0 aliphatic heterocycles. The molecule has 0 N–H and O–H groups in total. The topological polar surface area (TPSA) is 51.6 Å². The van der Waals surface area contributed by atoms with Gasteiger partial charge in [0, 0.05) is 44.4 Å². The van der Waals surface area contributed by atoms with Crippen LogP contribution in [0.4, 0.5) is 0 Å². The van der Waals surface area contributed by atoms with Gasteiger partial charge in [0.2, 0.25) is 0 Å². The van der Waals surface area contributed by atoms with Crippen LogP contribution < -0.4 is 0 Å². The number of hydrogen-bond acceptors (Lipinski definition) is 4. The Balaban J connectivity index is 0.000000184. The maximum Gasteiger partial charge on any atom is 0.0878 e. The Morgan fingerprint density at radius 3 is 2.00 bits per heavy atom. The molecule has 2 aromatic carbocycles.